The van der Waals surface area contributed by atoms with Crippen LogP contribution in [-0.4, -0.2) is 29.6 Å². The van der Waals surface area contributed by atoms with Gasteiger partial charge in [-0.25, -0.2) is 0 Å². The van der Waals surface area contributed by atoms with E-state index in [9.17, 15) is 4.79 Å². The van der Waals surface area contributed by atoms with Gasteiger partial charge < -0.3 is 23.4 Å². The monoisotopic (exact) mass is 478 g/mol. The smallest absolute Gasteiger partial charge is 0.255 e. The predicted molar refractivity (Wildman–Crippen MR) is 138 cm³/mol. The maximum Gasteiger partial charge on any atom is 0.255 e. The highest BCUT2D eigenvalue weighted by molar-refractivity contribution is 6.02. The molecular formula is C30H26N2O4. The minimum atomic E-state index is -0.309. The van der Waals surface area contributed by atoms with Crippen molar-refractivity contribution in [1.82, 2.24) is 9.47 Å². The zero-order valence-electron chi connectivity index (χ0n) is 20.4. The predicted octanol–water partition coefficient (Wildman–Crippen LogP) is 6.20. The van der Waals surface area contributed by atoms with Crippen LogP contribution in [0.15, 0.2) is 89.5 Å². The Labute approximate surface area is 209 Å². The van der Waals surface area contributed by atoms with Crippen molar-refractivity contribution in [2.75, 3.05) is 14.2 Å². The second-order valence-corrected chi connectivity index (χ2v) is 8.91. The minimum Gasteiger partial charge on any atom is -0.497 e. The van der Waals surface area contributed by atoms with E-state index >= 15 is 0 Å². The molecule has 0 saturated carbocycles. The van der Waals surface area contributed by atoms with Crippen molar-refractivity contribution >= 4 is 16.8 Å². The van der Waals surface area contributed by atoms with Gasteiger partial charge in [-0.3, -0.25) is 4.79 Å². The third kappa shape index (κ3) is 3.29. The molecule has 36 heavy (non-hydrogen) atoms. The molecule has 0 bridgehead atoms. The van der Waals surface area contributed by atoms with Crippen LogP contribution in [-0.2, 0) is 13.6 Å². The van der Waals surface area contributed by atoms with Crippen molar-refractivity contribution in [2.24, 2.45) is 7.05 Å². The molecule has 0 radical (unpaired) electrons. The molecule has 180 valence electrons. The summed E-state index contributed by atoms with van der Waals surface area (Å²) in [5, 5.41) is 1.08. The van der Waals surface area contributed by atoms with E-state index < -0.39 is 0 Å². The molecule has 1 aliphatic rings. The van der Waals surface area contributed by atoms with Gasteiger partial charge in [-0.2, -0.15) is 0 Å². The summed E-state index contributed by atoms with van der Waals surface area (Å²) >= 11 is 0. The fourth-order valence-electron chi connectivity index (χ4n) is 5.44. The van der Waals surface area contributed by atoms with Crippen LogP contribution in [0.1, 0.15) is 33.3 Å². The quantitative estimate of drug-likeness (QED) is 0.292. The number of aromatic nitrogens is 1. The highest BCUT2D eigenvalue weighted by atomic mass is 16.5. The molecule has 6 heteroatoms. The van der Waals surface area contributed by atoms with Crippen LogP contribution in [0.3, 0.4) is 0 Å². The average molecular weight is 479 g/mol. The van der Waals surface area contributed by atoms with Crippen LogP contribution in [0.2, 0.25) is 0 Å². The van der Waals surface area contributed by atoms with E-state index in [2.05, 4.69) is 23.7 Å². The fraction of sp³-hybridized carbons (Fsp3) is 0.167. The molecule has 0 saturated heterocycles. The van der Waals surface area contributed by atoms with E-state index in [1.807, 2.05) is 71.6 Å². The van der Waals surface area contributed by atoms with Crippen molar-refractivity contribution in [2.45, 2.75) is 12.6 Å². The molecule has 3 aromatic carbocycles. The molecule has 3 heterocycles. The summed E-state index contributed by atoms with van der Waals surface area (Å²) in [5.74, 6) is 2.20. The standard InChI is InChI=1S/C30H26N2O4/c1-31-25-13-7-6-12-23(25)27(28(31)24-17-19(34-2)14-15-26(24)35-3)29-21-10-4-5-11-22(21)30(33)32(29)18-20-9-8-16-36-20/h4-17,29H,18H2,1-3H3/t29-/m0/s1. The molecule has 1 amide bonds. The second-order valence-electron chi connectivity index (χ2n) is 8.91. The van der Waals surface area contributed by atoms with Gasteiger partial charge in [0.05, 0.1) is 38.8 Å². The zero-order valence-corrected chi connectivity index (χ0v) is 20.4. The van der Waals surface area contributed by atoms with E-state index in [4.69, 9.17) is 13.9 Å². The Morgan fingerprint density at radius 1 is 0.889 bits per heavy atom. The average Bonchev–Trinajstić information content (AvgIpc) is 3.61. The number of carbonyl (C=O) groups is 1. The van der Waals surface area contributed by atoms with Crippen molar-refractivity contribution in [3.63, 3.8) is 0 Å². The first-order valence-electron chi connectivity index (χ1n) is 11.8. The SMILES string of the molecule is COc1ccc(OC)c(-c2c([C@@H]3c4ccccc4C(=O)N3Cc3ccco3)c3ccccc3n2C)c1. The molecule has 0 N–H and O–H groups in total. The van der Waals surface area contributed by atoms with Crippen molar-refractivity contribution < 1.29 is 18.7 Å². The molecule has 0 spiro atoms. The maximum atomic E-state index is 13.8. The Kier molecular flexibility index (Phi) is 5.29. The highest BCUT2D eigenvalue weighted by Gasteiger charge is 2.41. The Morgan fingerprint density at radius 2 is 1.69 bits per heavy atom. The van der Waals surface area contributed by atoms with Crippen LogP contribution >= 0.6 is 0 Å². The second kappa shape index (κ2) is 8.64. The number of furan rings is 1. The number of rotatable bonds is 6. The van der Waals surface area contributed by atoms with Gasteiger partial charge in [0.2, 0.25) is 0 Å². The van der Waals surface area contributed by atoms with Crippen LogP contribution < -0.4 is 9.47 Å². The van der Waals surface area contributed by atoms with E-state index in [1.165, 1.54) is 0 Å². The molecule has 1 aliphatic heterocycles. The van der Waals surface area contributed by atoms with E-state index in [0.717, 1.165) is 50.5 Å². The van der Waals surface area contributed by atoms with Gasteiger partial charge in [0, 0.05) is 34.6 Å². The number of amides is 1. The van der Waals surface area contributed by atoms with Crippen molar-refractivity contribution in [3.8, 4) is 22.8 Å². The summed E-state index contributed by atoms with van der Waals surface area (Å²) in [6.45, 7) is 0.364. The van der Waals surface area contributed by atoms with Gasteiger partial charge in [-0.1, -0.05) is 36.4 Å². The number of methoxy groups -OCH3 is 2. The number of nitrogens with zero attached hydrogens (tertiary/aromatic N) is 2. The lowest BCUT2D eigenvalue weighted by Gasteiger charge is -2.26. The molecule has 5 aromatic rings. The van der Waals surface area contributed by atoms with E-state index in [1.54, 1.807) is 20.5 Å². The van der Waals surface area contributed by atoms with Gasteiger partial charge in [0.15, 0.2) is 0 Å². The van der Waals surface area contributed by atoms with Gasteiger partial charge in [0.25, 0.3) is 5.91 Å². The number of para-hydroxylation sites is 1. The van der Waals surface area contributed by atoms with Gasteiger partial charge >= 0.3 is 0 Å². The van der Waals surface area contributed by atoms with Gasteiger partial charge in [-0.15, -0.1) is 0 Å². The lowest BCUT2D eigenvalue weighted by atomic mass is 9.92. The lowest BCUT2D eigenvalue weighted by molar-refractivity contribution is 0.0724. The van der Waals surface area contributed by atoms with Gasteiger partial charge in [-0.05, 0) is 48.0 Å². The number of benzene rings is 3. The lowest BCUT2D eigenvalue weighted by Crippen LogP contribution is -2.28. The fourth-order valence-corrected chi connectivity index (χ4v) is 5.44. The van der Waals surface area contributed by atoms with Crippen LogP contribution in [0.25, 0.3) is 22.2 Å². The summed E-state index contributed by atoms with van der Waals surface area (Å²) < 4.78 is 19.2. The van der Waals surface area contributed by atoms with Crippen molar-refractivity contribution in [3.05, 3.63) is 108 Å². The molecule has 0 fully saturated rings. The normalized spacial score (nSPS) is 14.9. The van der Waals surface area contributed by atoms with Crippen LogP contribution in [0, 0.1) is 0 Å². The summed E-state index contributed by atoms with van der Waals surface area (Å²) in [6, 6.07) is 25.4. The largest absolute Gasteiger partial charge is 0.497 e. The van der Waals surface area contributed by atoms with Gasteiger partial charge in [0.1, 0.15) is 17.3 Å². The number of fused-ring (bicyclic) bond motifs is 2. The first kappa shape index (κ1) is 22.0. The number of hydrogen-bond donors (Lipinski definition) is 0. The molecule has 6 rings (SSSR count). The van der Waals surface area contributed by atoms with Crippen molar-refractivity contribution in [1.29, 1.82) is 0 Å². The first-order chi connectivity index (χ1) is 17.6. The summed E-state index contributed by atoms with van der Waals surface area (Å²) in [6.07, 6.45) is 1.64. The molecule has 0 aliphatic carbocycles. The zero-order chi connectivity index (χ0) is 24.8. The Morgan fingerprint density at radius 3 is 2.47 bits per heavy atom. The summed E-state index contributed by atoms with van der Waals surface area (Å²) in [4.78, 5) is 15.7. The molecule has 1 atom stereocenters. The Hall–Kier alpha value is -4.45. The molecule has 6 nitrogen and oxygen atoms in total. The first-order valence-corrected chi connectivity index (χ1v) is 11.8. The Balaban J connectivity index is 1.67. The number of carbonyl (C=O) groups excluding carboxylic acids is 1. The maximum absolute atomic E-state index is 13.8. The van der Waals surface area contributed by atoms with Crippen LogP contribution in [0.4, 0.5) is 0 Å². The number of hydrogen-bond acceptors (Lipinski definition) is 4. The highest BCUT2D eigenvalue weighted by Crippen LogP contribution is 2.48. The minimum absolute atomic E-state index is 0.0107. The third-order valence-corrected chi connectivity index (χ3v) is 7.05. The van der Waals surface area contributed by atoms with E-state index in [-0.39, 0.29) is 11.9 Å². The molecule has 0 unspecified atom stereocenters. The Bertz CT molecular complexity index is 1580. The molecular weight excluding hydrogens is 452 g/mol. The third-order valence-electron chi connectivity index (χ3n) is 7.05. The van der Waals surface area contributed by atoms with Crippen LogP contribution in [0.5, 0.6) is 11.5 Å². The summed E-state index contributed by atoms with van der Waals surface area (Å²) in [7, 11) is 5.38. The topological polar surface area (TPSA) is 56.8 Å². The number of ether oxygens (including phenoxy) is 2. The molecule has 2 aromatic heterocycles. The summed E-state index contributed by atoms with van der Waals surface area (Å²) in [5.41, 5.74) is 5.69. The number of aryl methyl sites for hydroxylation is 1. The van der Waals surface area contributed by atoms with E-state index in [0.29, 0.717) is 12.1 Å².